The number of hydrogen-bond donors (Lipinski definition) is 1. The molecule has 130 valence electrons. The molecule has 1 amide bonds. The Kier molecular flexibility index (Phi) is 4.40. The molecule has 2 heterocycles. The SMILES string of the molecule is Cc1ccc2c(CC(=O)N(C)C3CCN(S(C)(=O)=O)C3)c[nH]c2c1. The Labute approximate surface area is 142 Å². The Hall–Kier alpha value is -1.86. The topological polar surface area (TPSA) is 73.5 Å². The summed E-state index contributed by atoms with van der Waals surface area (Å²) in [5.74, 6) is 0.0110. The Morgan fingerprint density at radius 1 is 1.42 bits per heavy atom. The average molecular weight is 349 g/mol. The molecule has 1 aromatic heterocycles. The first kappa shape index (κ1) is 17.0. The number of sulfonamides is 1. The fraction of sp³-hybridized carbons (Fsp3) is 0.471. The number of fused-ring (bicyclic) bond motifs is 1. The minimum Gasteiger partial charge on any atom is -0.361 e. The second-order valence-electron chi connectivity index (χ2n) is 6.61. The van der Waals surface area contributed by atoms with Crippen LogP contribution in [0.3, 0.4) is 0 Å². The van der Waals surface area contributed by atoms with E-state index < -0.39 is 10.0 Å². The fourth-order valence-corrected chi connectivity index (χ4v) is 4.15. The highest BCUT2D eigenvalue weighted by Crippen LogP contribution is 2.22. The number of aromatic amines is 1. The highest BCUT2D eigenvalue weighted by Gasteiger charge is 2.32. The predicted octanol–water partition coefficient (Wildman–Crippen LogP) is 1.51. The van der Waals surface area contributed by atoms with Gasteiger partial charge in [0.15, 0.2) is 0 Å². The average Bonchev–Trinajstić information content (AvgIpc) is 3.13. The van der Waals surface area contributed by atoms with Gasteiger partial charge >= 0.3 is 0 Å². The Bertz CT molecular complexity index is 872. The first-order valence-electron chi connectivity index (χ1n) is 8.03. The fourth-order valence-electron chi connectivity index (χ4n) is 3.27. The number of amides is 1. The number of rotatable bonds is 4. The van der Waals surface area contributed by atoms with Gasteiger partial charge in [-0.3, -0.25) is 4.79 Å². The van der Waals surface area contributed by atoms with Crippen molar-refractivity contribution in [2.75, 3.05) is 26.4 Å². The number of benzene rings is 1. The number of carbonyl (C=O) groups excluding carboxylic acids is 1. The number of likely N-dealkylation sites (N-methyl/N-ethyl adjacent to an activating group) is 1. The molecular weight excluding hydrogens is 326 g/mol. The molecule has 1 aliphatic heterocycles. The van der Waals surface area contributed by atoms with Crippen molar-refractivity contribution in [3.05, 3.63) is 35.5 Å². The van der Waals surface area contributed by atoms with E-state index in [1.54, 1.807) is 11.9 Å². The second kappa shape index (κ2) is 6.22. The summed E-state index contributed by atoms with van der Waals surface area (Å²) in [6.07, 6.45) is 4.09. The molecule has 24 heavy (non-hydrogen) atoms. The number of nitrogens with one attached hydrogen (secondary N) is 1. The molecule has 0 radical (unpaired) electrons. The van der Waals surface area contributed by atoms with Crippen molar-refractivity contribution in [1.82, 2.24) is 14.2 Å². The summed E-state index contributed by atoms with van der Waals surface area (Å²) < 4.78 is 24.7. The number of carbonyl (C=O) groups is 1. The van der Waals surface area contributed by atoms with Gasteiger partial charge in [-0.25, -0.2) is 12.7 Å². The molecule has 3 rings (SSSR count). The second-order valence-corrected chi connectivity index (χ2v) is 8.59. The van der Waals surface area contributed by atoms with Crippen LogP contribution in [0, 0.1) is 6.92 Å². The molecule has 1 aliphatic rings. The third kappa shape index (κ3) is 3.32. The van der Waals surface area contributed by atoms with Gasteiger partial charge in [-0.2, -0.15) is 0 Å². The van der Waals surface area contributed by atoms with Crippen LogP contribution in [0.1, 0.15) is 17.5 Å². The highest BCUT2D eigenvalue weighted by atomic mass is 32.2. The van der Waals surface area contributed by atoms with Crippen molar-refractivity contribution in [3.63, 3.8) is 0 Å². The number of H-pyrrole nitrogens is 1. The Balaban J connectivity index is 1.70. The van der Waals surface area contributed by atoms with Crippen LogP contribution in [0.4, 0.5) is 0 Å². The van der Waals surface area contributed by atoms with Crippen LogP contribution in [0.5, 0.6) is 0 Å². The zero-order chi connectivity index (χ0) is 17.5. The Morgan fingerprint density at radius 3 is 2.83 bits per heavy atom. The summed E-state index contributed by atoms with van der Waals surface area (Å²) in [6.45, 7) is 2.90. The molecule has 1 aromatic carbocycles. The van der Waals surface area contributed by atoms with Gasteiger partial charge in [0.1, 0.15) is 0 Å². The molecule has 0 bridgehead atoms. The minimum absolute atomic E-state index is 0.0110. The van der Waals surface area contributed by atoms with E-state index in [1.807, 2.05) is 25.3 Å². The molecule has 0 aliphatic carbocycles. The lowest BCUT2D eigenvalue weighted by Crippen LogP contribution is -2.40. The largest absolute Gasteiger partial charge is 0.361 e. The zero-order valence-corrected chi connectivity index (χ0v) is 15.1. The summed E-state index contributed by atoms with van der Waals surface area (Å²) in [6, 6.07) is 6.08. The lowest BCUT2D eigenvalue weighted by atomic mass is 10.1. The molecule has 7 heteroatoms. The third-order valence-corrected chi connectivity index (χ3v) is 6.07. The molecule has 1 N–H and O–H groups in total. The first-order chi connectivity index (χ1) is 11.3. The van der Waals surface area contributed by atoms with Crippen LogP contribution in [-0.4, -0.2) is 60.9 Å². The van der Waals surface area contributed by atoms with Crippen LogP contribution < -0.4 is 0 Å². The van der Waals surface area contributed by atoms with Crippen molar-refractivity contribution >= 4 is 26.8 Å². The van der Waals surface area contributed by atoms with Gasteiger partial charge in [0.25, 0.3) is 0 Å². The lowest BCUT2D eigenvalue weighted by molar-refractivity contribution is -0.130. The lowest BCUT2D eigenvalue weighted by Gasteiger charge is -2.24. The molecule has 2 aromatic rings. The van der Waals surface area contributed by atoms with Crippen LogP contribution in [0.25, 0.3) is 10.9 Å². The summed E-state index contributed by atoms with van der Waals surface area (Å²) in [7, 11) is -1.43. The smallest absolute Gasteiger partial charge is 0.227 e. The maximum atomic E-state index is 12.6. The van der Waals surface area contributed by atoms with Crippen molar-refractivity contribution in [2.24, 2.45) is 0 Å². The zero-order valence-electron chi connectivity index (χ0n) is 14.2. The van der Waals surface area contributed by atoms with E-state index in [2.05, 4.69) is 11.1 Å². The van der Waals surface area contributed by atoms with Crippen molar-refractivity contribution in [1.29, 1.82) is 0 Å². The van der Waals surface area contributed by atoms with E-state index in [9.17, 15) is 13.2 Å². The van der Waals surface area contributed by atoms with Crippen LogP contribution in [-0.2, 0) is 21.2 Å². The van der Waals surface area contributed by atoms with Gasteiger partial charge in [0, 0.05) is 43.3 Å². The van der Waals surface area contributed by atoms with Gasteiger partial charge < -0.3 is 9.88 Å². The molecule has 1 saturated heterocycles. The van der Waals surface area contributed by atoms with Crippen molar-refractivity contribution in [3.8, 4) is 0 Å². The van der Waals surface area contributed by atoms with Crippen molar-refractivity contribution in [2.45, 2.75) is 25.8 Å². The maximum absolute atomic E-state index is 12.6. The van der Waals surface area contributed by atoms with Crippen LogP contribution in [0.2, 0.25) is 0 Å². The Morgan fingerprint density at radius 2 is 2.17 bits per heavy atom. The van der Waals surface area contributed by atoms with Crippen LogP contribution >= 0.6 is 0 Å². The van der Waals surface area contributed by atoms with Gasteiger partial charge in [0.05, 0.1) is 12.7 Å². The van der Waals surface area contributed by atoms with E-state index in [4.69, 9.17) is 0 Å². The first-order valence-corrected chi connectivity index (χ1v) is 9.88. The van der Waals surface area contributed by atoms with Crippen molar-refractivity contribution < 1.29 is 13.2 Å². The molecule has 1 atom stereocenters. The number of aromatic nitrogens is 1. The van der Waals surface area contributed by atoms with E-state index in [-0.39, 0.29) is 11.9 Å². The summed E-state index contributed by atoms with van der Waals surface area (Å²) in [4.78, 5) is 17.5. The summed E-state index contributed by atoms with van der Waals surface area (Å²) in [5, 5.41) is 1.06. The normalized spacial score (nSPS) is 19.0. The van der Waals surface area contributed by atoms with Gasteiger partial charge in [-0.05, 0) is 30.5 Å². The number of hydrogen-bond acceptors (Lipinski definition) is 3. The molecule has 1 fully saturated rings. The van der Waals surface area contributed by atoms with Gasteiger partial charge in [0.2, 0.25) is 15.9 Å². The van der Waals surface area contributed by atoms with E-state index in [0.29, 0.717) is 25.9 Å². The van der Waals surface area contributed by atoms with E-state index in [1.165, 1.54) is 16.1 Å². The number of nitrogens with zero attached hydrogens (tertiary/aromatic N) is 2. The summed E-state index contributed by atoms with van der Waals surface area (Å²) in [5.41, 5.74) is 3.18. The molecule has 6 nitrogen and oxygen atoms in total. The minimum atomic E-state index is -3.19. The molecule has 0 saturated carbocycles. The number of aryl methyl sites for hydroxylation is 1. The standard InChI is InChI=1S/C17H23N3O3S/c1-12-4-5-15-13(10-18-16(15)8-12)9-17(21)19(2)14-6-7-20(11-14)24(3,22)23/h4-5,8,10,14,18H,6-7,9,11H2,1-3H3. The molecule has 0 spiro atoms. The molecular formula is C17H23N3O3S. The van der Waals surface area contributed by atoms with Gasteiger partial charge in [-0.15, -0.1) is 0 Å². The van der Waals surface area contributed by atoms with Crippen LogP contribution in [0.15, 0.2) is 24.4 Å². The van der Waals surface area contributed by atoms with Gasteiger partial charge in [-0.1, -0.05) is 12.1 Å². The molecule has 1 unspecified atom stereocenters. The highest BCUT2D eigenvalue weighted by molar-refractivity contribution is 7.88. The third-order valence-electron chi connectivity index (χ3n) is 4.80. The summed E-state index contributed by atoms with van der Waals surface area (Å²) >= 11 is 0. The van der Waals surface area contributed by atoms with E-state index >= 15 is 0 Å². The predicted molar refractivity (Wildman–Crippen MR) is 94.3 cm³/mol. The quantitative estimate of drug-likeness (QED) is 0.909. The monoisotopic (exact) mass is 349 g/mol. The van der Waals surface area contributed by atoms with E-state index in [0.717, 1.165) is 16.5 Å². The maximum Gasteiger partial charge on any atom is 0.227 e.